The summed E-state index contributed by atoms with van der Waals surface area (Å²) in [5.74, 6) is -1.25. The number of benzene rings is 1. The molecule has 2 heterocycles. The number of anilines is 1. The van der Waals surface area contributed by atoms with Gasteiger partial charge in [0, 0.05) is 44.3 Å². The van der Waals surface area contributed by atoms with Crippen LogP contribution in [0.1, 0.15) is 17.2 Å². The summed E-state index contributed by atoms with van der Waals surface area (Å²) < 4.78 is 5.49. The summed E-state index contributed by atoms with van der Waals surface area (Å²) in [5.41, 5.74) is 3.15. The number of carbonyl (C=O) groups is 2. The maximum Gasteiger partial charge on any atom is 0.309 e. The summed E-state index contributed by atoms with van der Waals surface area (Å²) in [7, 11) is 4.01. The number of rotatable bonds is 7. The molecule has 3 rings (SSSR count). The van der Waals surface area contributed by atoms with Crippen LogP contribution >= 0.6 is 0 Å². The Morgan fingerprint density at radius 1 is 1.03 bits per heavy atom. The highest BCUT2D eigenvalue weighted by atomic mass is 16.5. The Kier molecular flexibility index (Phi) is 7.75. The van der Waals surface area contributed by atoms with Gasteiger partial charge in [0.15, 0.2) is 0 Å². The van der Waals surface area contributed by atoms with Gasteiger partial charge in [-0.2, -0.15) is 0 Å². The van der Waals surface area contributed by atoms with Gasteiger partial charge in [-0.15, -0.1) is 0 Å². The summed E-state index contributed by atoms with van der Waals surface area (Å²) in [5, 5.41) is 5.47. The van der Waals surface area contributed by atoms with Crippen molar-refractivity contribution in [3.05, 3.63) is 59.9 Å². The zero-order chi connectivity index (χ0) is 21.3. The van der Waals surface area contributed by atoms with Crippen molar-refractivity contribution < 1.29 is 19.2 Å². The molecule has 1 aromatic carbocycles. The molecule has 0 saturated carbocycles. The summed E-state index contributed by atoms with van der Waals surface area (Å²) in [6.07, 6.45) is 3.30. The van der Waals surface area contributed by atoms with E-state index < -0.39 is 11.8 Å². The van der Waals surface area contributed by atoms with E-state index in [1.165, 1.54) is 4.90 Å². The monoisotopic (exact) mass is 412 g/mol. The third-order valence-corrected chi connectivity index (χ3v) is 5.32. The zero-order valence-electron chi connectivity index (χ0n) is 17.6. The van der Waals surface area contributed by atoms with Gasteiger partial charge >= 0.3 is 11.8 Å². The highest BCUT2D eigenvalue weighted by Gasteiger charge is 2.27. The van der Waals surface area contributed by atoms with E-state index in [1.54, 1.807) is 24.5 Å². The minimum absolute atomic E-state index is 0.0575. The molecule has 1 aliphatic rings. The van der Waals surface area contributed by atoms with Crippen molar-refractivity contribution in [2.24, 2.45) is 0 Å². The van der Waals surface area contributed by atoms with E-state index in [2.05, 4.69) is 44.8 Å². The van der Waals surface area contributed by atoms with E-state index in [0.717, 1.165) is 29.9 Å². The zero-order valence-corrected chi connectivity index (χ0v) is 17.6. The van der Waals surface area contributed by atoms with Crippen LogP contribution in [0.4, 0.5) is 5.69 Å². The Hall–Kier alpha value is -2.97. The molecule has 1 atom stereocenters. The number of pyridine rings is 1. The first-order valence-corrected chi connectivity index (χ1v) is 10.2. The van der Waals surface area contributed by atoms with Gasteiger partial charge in [-0.1, -0.05) is 12.1 Å². The molecule has 2 amide bonds. The normalized spacial score (nSPS) is 15.3. The van der Waals surface area contributed by atoms with Crippen LogP contribution in [0.5, 0.6) is 0 Å². The Balaban J connectivity index is 1.61. The Bertz CT molecular complexity index is 820. The first-order chi connectivity index (χ1) is 14.5. The summed E-state index contributed by atoms with van der Waals surface area (Å²) in [6, 6.07) is 12.0. The van der Waals surface area contributed by atoms with Gasteiger partial charge < -0.3 is 25.2 Å². The molecule has 160 valence electrons. The molecule has 8 heteroatoms. The highest BCUT2D eigenvalue weighted by Crippen LogP contribution is 2.16. The Morgan fingerprint density at radius 2 is 1.67 bits per heavy atom. The first-order valence-electron chi connectivity index (χ1n) is 10.2. The van der Waals surface area contributed by atoms with Crippen LogP contribution < -0.4 is 20.4 Å². The van der Waals surface area contributed by atoms with Gasteiger partial charge in [0.2, 0.25) is 0 Å². The molecule has 0 unspecified atom stereocenters. The summed E-state index contributed by atoms with van der Waals surface area (Å²) in [4.78, 5) is 31.9. The maximum atomic E-state index is 12.4. The number of hydrogen-bond donors (Lipinski definition) is 3. The maximum absolute atomic E-state index is 12.4. The summed E-state index contributed by atoms with van der Waals surface area (Å²) in [6.45, 7) is 3.80. The number of hydrogen-bond acceptors (Lipinski definition) is 5. The first kappa shape index (κ1) is 21.7. The smallest absolute Gasteiger partial charge is 0.309 e. The fourth-order valence-electron chi connectivity index (χ4n) is 3.52. The topological polar surface area (TPSA) is 88.0 Å². The van der Waals surface area contributed by atoms with Crippen molar-refractivity contribution in [1.29, 1.82) is 0 Å². The SMILES string of the molecule is CN(C)c1ccc([C@@H](CNC(=O)C(=O)NCc2ccncc2)[NH+]2CCOCC2)cc1. The fraction of sp³-hybridized carbons (Fsp3) is 0.409. The van der Waals surface area contributed by atoms with E-state index in [4.69, 9.17) is 4.74 Å². The average molecular weight is 413 g/mol. The van der Waals surface area contributed by atoms with Crippen LogP contribution in [0.25, 0.3) is 0 Å². The third kappa shape index (κ3) is 6.01. The molecule has 0 radical (unpaired) electrons. The lowest BCUT2D eigenvalue weighted by atomic mass is 10.0. The van der Waals surface area contributed by atoms with Gasteiger partial charge in [0.05, 0.1) is 19.8 Å². The number of nitrogens with one attached hydrogen (secondary N) is 3. The van der Waals surface area contributed by atoms with Gasteiger partial charge in [0.1, 0.15) is 19.1 Å². The molecule has 0 bridgehead atoms. The lowest BCUT2D eigenvalue weighted by Crippen LogP contribution is -3.15. The number of ether oxygens (including phenoxy) is 1. The molecule has 8 nitrogen and oxygen atoms in total. The molecule has 2 aromatic rings. The Morgan fingerprint density at radius 3 is 2.30 bits per heavy atom. The average Bonchev–Trinajstić information content (AvgIpc) is 2.79. The predicted octanol–water partition coefficient (Wildman–Crippen LogP) is -0.464. The molecular formula is C22H30N5O3+. The van der Waals surface area contributed by atoms with Crippen LogP contribution in [0.15, 0.2) is 48.8 Å². The van der Waals surface area contributed by atoms with Crippen molar-refractivity contribution in [2.45, 2.75) is 12.6 Å². The van der Waals surface area contributed by atoms with Crippen LogP contribution in [-0.4, -0.2) is 63.7 Å². The summed E-state index contributed by atoms with van der Waals surface area (Å²) >= 11 is 0. The van der Waals surface area contributed by atoms with Gasteiger partial charge in [-0.25, -0.2) is 0 Å². The molecule has 3 N–H and O–H groups in total. The van der Waals surface area contributed by atoms with Crippen molar-refractivity contribution >= 4 is 17.5 Å². The second-order valence-electron chi connectivity index (χ2n) is 7.56. The van der Waals surface area contributed by atoms with Crippen LogP contribution in [0, 0.1) is 0 Å². The standard InChI is InChI=1S/C22H29N5O3/c1-26(2)19-5-3-18(4-6-19)20(27-11-13-30-14-12-27)16-25-22(29)21(28)24-15-17-7-9-23-10-8-17/h3-10,20H,11-16H2,1-2H3,(H,24,28)(H,25,29)/p+1/t20-/m1/s1. The van der Waals surface area contributed by atoms with Crippen molar-refractivity contribution in [3.63, 3.8) is 0 Å². The molecule has 1 aromatic heterocycles. The molecule has 30 heavy (non-hydrogen) atoms. The van der Waals surface area contributed by atoms with Crippen LogP contribution in [0.3, 0.4) is 0 Å². The lowest BCUT2D eigenvalue weighted by Gasteiger charge is -2.32. The van der Waals surface area contributed by atoms with Crippen molar-refractivity contribution in [2.75, 3.05) is 51.8 Å². The van der Waals surface area contributed by atoms with Gasteiger partial charge in [0.25, 0.3) is 0 Å². The fourth-order valence-corrected chi connectivity index (χ4v) is 3.52. The van der Waals surface area contributed by atoms with E-state index in [9.17, 15) is 9.59 Å². The molecular weight excluding hydrogens is 382 g/mol. The third-order valence-electron chi connectivity index (χ3n) is 5.32. The van der Waals surface area contributed by atoms with E-state index in [-0.39, 0.29) is 6.04 Å². The number of quaternary nitrogens is 1. The molecule has 1 aliphatic heterocycles. The number of amides is 2. The van der Waals surface area contributed by atoms with Crippen molar-refractivity contribution in [3.8, 4) is 0 Å². The predicted molar refractivity (Wildman–Crippen MR) is 114 cm³/mol. The minimum atomic E-state index is -0.634. The Labute approximate surface area is 177 Å². The number of nitrogens with zero attached hydrogens (tertiary/aromatic N) is 2. The van der Waals surface area contributed by atoms with E-state index in [1.807, 2.05) is 14.1 Å². The largest absolute Gasteiger partial charge is 0.378 e. The molecule has 1 saturated heterocycles. The number of carbonyl (C=O) groups excluding carboxylic acids is 2. The van der Waals surface area contributed by atoms with Crippen LogP contribution in [0.2, 0.25) is 0 Å². The second-order valence-corrected chi connectivity index (χ2v) is 7.56. The number of aromatic nitrogens is 1. The van der Waals surface area contributed by atoms with E-state index >= 15 is 0 Å². The van der Waals surface area contributed by atoms with Gasteiger partial charge in [-0.3, -0.25) is 14.6 Å². The second kappa shape index (κ2) is 10.7. The van der Waals surface area contributed by atoms with Crippen molar-refractivity contribution in [1.82, 2.24) is 15.6 Å². The van der Waals surface area contributed by atoms with Gasteiger partial charge in [-0.05, 0) is 29.8 Å². The quantitative estimate of drug-likeness (QED) is 0.536. The minimum Gasteiger partial charge on any atom is -0.378 e. The molecule has 1 fully saturated rings. The lowest BCUT2D eigenvalue weighted by molar-refractivity contribution is -0.937. The number of morpholine rings is 1. The highest BCUT2D eigenvalue weighted by molar-refractivity contribution is 6.35. The molecule has 0 spiro atoms. The van der Waals surface area contributed by atoms with Crippen LogP contribution in [-0.2, 0) is 20.9 Å². The molecule has 0 aliphatic carbocycles. The van der Waals surface area contributed by atoms with E-state index in [0.29, 0.717) is 26.3 Å².